The predicted octanol–water partition coefficient (Wildman–Crippen LogP) is 6.25. The van der Waals surface area contributed by atoms with E-state index in [1.807, 2.05) is 29.2 Å². The number of rotatable bonds is 4. The fraction of sp³-hybridized carbons (Fsp3) is 0.207. The zero-order chi connectivity index (χ0) is 21.0. The fourth-order valence-corrected chi connectivity index (χ4v) is 4.82. The van der Waals surface area contributed by atoms with Gasteiger partial charge >= 0.3 is 0 Å². The summed E-state index contributed by atoms with van der Waals surface area (Å²) in [4.78, 5) is 16.0. The smallest absolute Gasteiger partial charge is 0.255 e. The molecule has 3 aromatic carbocycles. The van der Waals surface area contributed by atoms with Crippen molar-refractivity contribution < 1.29 is 4.79 Å². The van der Waals surface area contributed by atoms with E-state index in [9.17, 15) is 4.79 Å². The quantitative estimate of drug-likeness (QED) is 0.371. The van der Waals surface area contributed by atoms with Gasteiger partial charge in [-0.25, -0.2) is 0 Å². The van der Waals surface area contributed by atoms with Crippen LogP contribution >= 0.6 is 0 Å². The minimum absolute atomic E-state index is 0.145. The van der Waals surface area contributed by atoms with E-state index >= 15 is 0 Å². The molecular weight excluding hydrogens is 378 g/mol. The van der Waals surface area contributed by atoms with E-state index in [-0.39, 0.29) is 5.91 Å². The van der Waals surface area contributed by atoms with Crippen LogP contribution in [-0.2, 0) is 11.2 Å². The molecule has 2 nitrogen and oxygen atoms in total. The van der Waals surface area contributed by atoms with Gasteiger partial charge in [-0.3, -0.25) is 4.79 Å². The molecule has 0 unspecified atom stereocenters. The number of hydrogen-bond acceptors (Lipinski definition) is 1. The van der Waals surface area contributed by atoms with E-state index in [1.54, 1.807) is 0 Å². The molecule has 0 atom stereocenters. The first kappa shape index (κ1) is 19.6. The van der Waals surface area contributed by atoms with Crippen LogP contribution in [0.1, 0.15) is 41.5 Å². The van der Waals surface area contributed by atoms with Crippen LogP contribution in [0, 0.1) is 0 Å². The van der Waals surface area contributed by atoms with Gasteiger partial charge in [0.15, 0.2) is 0 Å². The largest absolute Gasteiger partial charge is 0.339 e. The highest BCUT2D eigenvalue weighted by atomic mass is 16.2. The molecule has 0 aromatic heterocycles. The number of aryl methyl sites for hydroxylation is 1. The van der Waals surface area contributed by atoms with Gasteiger partial charge in [-0.05, 0) is 53.5 Å². The molecule has 1 amide bonds. The average Bonchev–Trinajstić information content (AvgIpc) is 3.38. The first-order chi connectivity index (χ1) is 15.3. The van der Waals surface area contributed by atoms with Crippen LogP contribution in [0.15, 0.2) is 91.0 Å². The van der Waals surface area contributed by atoms with E-state index < -0.39 is 0 Å². The van der Waals surface area contributed by atoms with Gasteiger partial charge < -0.3 is 4.90 Å². The normalized spacial score (nSPS) is 16.4. The van der Waals surface area contributed by atoms with Gasteiger partial charge in [0.1, 0.15) is 0 Å². The summed E-state index contributed by atoms with van der Waals surface area (Å²) in [5, 5.41) is 0. The molecule has 0 saturated carbocycles. The van der Waals surface area contributed by atoms with Crippen molar-refractivity contribution in [2.45, 2.75) is 25.7 Å². The average molecular weight is 406 g/mol. The van der Waals surface area contributed by atoms with E-state index in [1.165, 1.54) is 16.7 Å². The third kappa shape index (κ3) is 3.86. The van der Waals surface area contributed by atoms with Gasteiger partial charge in [0.2, 0.25) is 0 Å². The molecule has 31 heavy (non-hydrogen) atoms. The van der Waals surface area contributed by atoms with Crippen LogP contribution in [0.5, 0.6) is 0 Å². The highest BCUT2D eigenvalue weighted by Gasteiger charge is 2.29. The maximum atomic E-state index is 14.0. The Kier molecular flexibility index (Phi) is 5.54. The first-order valence-electron chi connectivity index (χ1n) is 11.3. The van der Waals surface area contributed by atoms with Crippen molar-refractivity contribution in [3.63, 3.8) is 0 Å². The van der Waals surface area contributed by atoms with Crippen molar-refractivity contribution in [3.8, 4) is 0 Å². The number of allylic oxidation sites excluding steroid dienone is 3. The Bertz CT molecular complexity index is 1140. The Hall–Kier alpha value is -3.39. The second-order valence-corrected chi connectivity index (χ2v) is 8.29. The van der Waals surface area contributed by atoms with E-state index in [0.29, 0.717) is 0 Å². The lowest BCUT2D eigenvalue weighted by molar-refractivity contribution is -0.123. The van der Waals surface area contributed by atoms with Gasteiger partial charge in [-0.15, -0.1) is 0 Å². The number of likely N-dealkylation sites (tertiary alicyclic amines) is 1. The Labute approximate surface area is 184 Å². The second-order valence-electron chi connectivity index (χ2n) is 8.29. The van der Waals surface area contributed by atoms with Gasteiger partial charge in [0, 0.05) is 18.7 Å². The zero-order valence-electron chi connectivity index (χ0n) is 17.8. The van der Waals surface area contributed by atoms with Crippen LogP contribution in [-0.4, -0.2) is 23.9 Å². The molecule has 154 valence electrons. The van der Waals surface area contributed by atoms with Crippen LogP contribution in [0.4, 0.5) is 0 Å². The number of nitrogens with zero attached hydrogens (tertiary/aromatic N) is 1. The molecule has 1 aliphatic carbocycles. The number of fused-ring (bicyclic) bond motifs is 1. The summed E-state index contributed by atoms with van der Waals surface area (Å²) in [5.41, 5.74) is 7.73. The Morgan fingerprint density at radius 3 is 2.03 bits per heavy atom. The first-order valence-corrected chi connectivity index (χ1v) is 11.3. The maximum absolute atomic E-state index is 14.0. The molecule has 1 fully saturated rings. The zero-order valence-corrected chi connectivity index (χ0v) is 17.8. The summed E-state index contributed by atoms with van der Waals surface area (Å²) < 4.78 is 0. The van der Waals surface area contributed by atoms with Crippen LogP contribution < -0.4 is 0 Å². The second kappa shape index (κ2) is 8.77. The molecular formula is C29H27NO. The van der Waals surface area contributed by atoms with Gasteiger partial charge in [0.05, 0.1) is 5.57 Å². The lowest BCUT2D eigenvalue weighted by Gasteiger charge is -2.26. The van der Waals surface area contributed by atoms with Crippen molar-refractivity contribution >= 4 is 22.6 Å². The highest BCUT2D eigenvalue weighted by molar-refractivity contribution is 6.34. The SMILES string of the molecule is O=C(/C(=C(\C1=CCCc2ccccc21)c1ccccc1)c1ccccc1)N1CCCC1. The summed E-state index contributed by atoms with van der Waals surface area (Å²) in [6.45, 7) is 1.68. The van der Waals surface area contributed by atoms with Gasteiger partial charge in [-0.2, -0.15) is 0 Å². The number of carbonyl (C=O) groups excluding carboxylic acids is 1. The summed E-state index contributed by atoms with van der Waals surface area (Å²) in [5.74, 6) is 0.145. The molecule has 0 radical (unpaired) electrons. The van der Waals surface area contributed by atoms with Crippen molar-refractivity contribution in [1.29, 1.82) is 0 Å². The number of benzene rings is 3. The topological polar surface area (TPSA) is 20.3 Å². The highest BCUT2D eigenvalue weighted by Crippen LogP contribution is 2.42. The monoisotopic (exact) mass is 405 g/mol. The Morgan fingerprint density at radius 2 is 1.32 bits per heavy atom. The number of amides is 1. The molecule has 2 aliphatic rings. The molecule has 5 rings (SSSR count). The van der Waals surface area contributed by atoms with Crippen LogP contribution in [0.3, 0.4) is 0 Å². The Balaban J connectivity index is 1.80. The lowest BCUT2D eigenvalue weighted by Crippen LogP contribution is -2.29. The van der Waals surface area contributed by atoms with Crippen molar-refractivity contribution in [1.82, 2.24) is 4.90 Å². The number of hydrogen-bond donors (Lipinski definition) is 0. The van der Waals surface area contributed by atoms with Crippen molar-refractivity contribution in [3.05, 3.63) is 113 Å². The summed E-state index contributed by atoms with van der Waals surface area (Å²) >= 11 is 0. The predicted molar refractivity (Wildman–Crippen MR) is 128 cm³/mol. The molecule has 3 aromatic rings. The van der Waals surface area contributed by atoms with E-state index in [4.69, 9.17) is 0 Å². The fourth-order valence-electron chi connectivity index (χ4n) is 4.82. The molecule has 0 N–H and O–H groups in total. The van der Waals surface area contributed by atoms with Crippen molar-refractivity contribution in [2.75, 3.05) is 13.1 Å². The standard InChI is InChI=1S/C29H27NO/c31-29(30-20-9-10-21-30)28(24-15-5-2-6-16-24)27(23-13-3-1-4-14-23)26-19-11-17-22-12-7-8-18-25(22)26/h1-8,12-16,18-19H,9-11,17,20-21H2/b28-27-. The minimum Gasteiger partial charge on any atom is -0.339 e. The summed E-state index contributed by atoms with van der Waals surface area (Å²) in [7, 11) is 0. The third-order valence-electron chi connectivity index (χ3n) is 6.32. The molecule has 2 heteroatoms. The third-order valence-corrected chi connectivity index (χ3v) is 6.32. The summed E-state index contributed by atoms with van der Waals surface area (Å²) in [6, 6.07) is 29.3. The van der Waals surface area contributed by atoms with Crippen LogP contribution in [0.25, 0.3) is 16.7 Å². The van der Waals surface area contributed by atoms with Gasteiger partial charge in [-0.1, -0.05) is 91.0 Å². The van der Waals surface area contributed by atoms with Gasteiger partial charge in [0.25, 0.3) is 5.91 Å². The van der Waals surface area contributed by atoms with E-state index in [0.717, 1.165) is 61.0 Å². The molecule has 0 spiro atoms. The molecule has 1 saturated heterocycles. The Morgan fingerprint density at radius 1 is 0.710 bits per heavy atom. The van der Waals surface area contributed by atoms with Crippen molar-refractivity contribution in [2.24, 2.45) is 0 Å². The van der Waals surface area contributed by atoms with E-state index in [2.05, 4.69) is 66.7 Å². The minimum atomic E-state index is 0.145. The lowest BCUT2D eigenvalue weighted by atomic mass is 9.80. The number of carbonyl (C=O) groups is 1. The molecule has 1 aliphatic heterocycles. The molecule has 1 heterocycles. The maximum Gasteiger partial charge on any atom is 0.255 e. The molecule has 0 bridgehead atoms. The summed E-state index contributed by atoms with van der Waals surface area (Å²) in [6.07, 6.45) is 6.52. The van der Waals surface area contributed by atoms with Crippen LogP contribution in [0.2, 0.25) is 0 Å².